The molecule has 0 radical (unpaired) electrons. The average Bonchev–Trinajstić information content (AvgIpc) is 3.29. The van der Waals surface area contributed by atoms with Crippen molar-refractivity contribution in [3.63, 3.8) is 0 Å². The van der Waals surface area contributed by atoms with Crippen LogP contribution in [0, 0.1) is 0 Å². The zero-order valence-corrected chi connectivity index (χ0v) is 17.0. The normalized spacial score (nSPS) is 15.9. The Morgan fingerprint density at radius 1 is 1.10 bits per heavy atom. The van der Waals surface area contributed by atoms with Gasteiger partial charge in [0.25, 0.3) is 5.56 Å². The molecular formula is C22H25ClN4O2. The van der Waals surface area contributed by atoms with Crippen molar-refractivity contribution < 1.29 is 4.42 Å². The topological polar surface area (TPSA) is 63.3 Å². The molecule has 4 rings (SSSR count). The van der Waals surface area contributed by atoms with E-state index in [4.69, 9.17) is 16.0 Å². The first kappa shape index (κ1) is 19.7. The molecule has 1 unspecified atom stereocenters. The fraction of sp³-hybridized carbons (Fsp3) is 0.364. The summed E-state index contributed by atoms with van der Waals surface area (Å²) >= 11 is 6.39. The van der Waals surface area contributed by atoms with E-state index >= 15 is 0 Å². The minimum Gasteiger partial charge on any atom is -0.468 e. The molecular weight excluding hydrogens is 388 g/mol. The lowest BCUT2D eigenvalue weighted by Crippen LogP contribution is -2.37. The Kier molecular flexibility index (Phi) is 6.32. The fourth-order valence-electron chi connectivity index (χ4n) is 3.78. The standard InChI is InChI=1S/C22H25ClN4O2/c23-21-18(14-25-27(22(21)28)16-17-8-3-1-4-9-17)24-15-19(20-10-7-13-29-20)26-11-5-2-6-12-26/h1,3-4,7-10,13-14,19,24H,2,5-6,11-12,15-16H2. The minimum absolute atomic E-state index is 0.0908. The van der Waals surface area contributed by atoms with E-state index in [0.717, 1.165) is 24.4 Å². The van der Waals surface area contributed by atoms with Crippen LogP contribution >= 0.6 is 11.6 Å². The van der Waals surface area contributed by atoms with Crippen molar-refractivity contribution in [1.82, 2.24) is 14.7 Å². The molecule has 1 saturated heterocycles. The maximum absolute atomic E-state index is 12.7. The molecule has 0 saturated carbocycles. The van der Waals surface area contributed by atoms with Gasteiger partial charge < -0.3 is 9.73 Å². The van der Waals surface area contributed by atoms with E-state index in [9.17, 15) is 4.79 Å². The van der Waals surface area contributed by atoms with Gasteiger partial charge in [0.2, 0.25) is 0 Å². The molecule has 1 aliphatic heterocycles. The number of nitrogens with zero attached hydrogens (tertiary/aromatic N) is 3. The molecule has 7 heteroatoms. The summed E-state index contributed by atoms with van der Waals surface area (Å²) in [7, 11) is 0. The van der Waals surface area contributed by atoms with Crippen molar-refractivity contribution in [3.8, 4) is 0 Å². The van der Waals surface area contributed by atoms with Gasteiger partial charge in [-0.15, -0.1) is 0 Å². The molecule has 0 amide bonds. The van der Waals surface area contributed by atoms with Crippen LogP contribution in [0.2, 0.25) is 5.02 Å². The highest BCUT2D eigenvalue weighted by molar-refractivity contribution is 6.32. The fourth-order valence-corrected chi connectivity index (χ4v) is 4.00. The summed E-state index contributed by atoms with van der Waals surface area (Å²) in [5, 5.41) is 7.79. The largest absolute Gasteiger partial charge is 0.468 e. The summed E-state index contributed by atoms with van der Waals surface area (Å²) in [4.78, 5) is 15.1. The number of likely N-dealkylation sites (tertiary alicyclic amines) is 1. The number of benzene rings is 1. The van der Waals surface area contributed by atoms with Crippen molar-refractivity contribution in [2.75, 3.05) is 25.0 Å². The number of halogens is 1. The van der Waals surface area contributed by atoms with E-state index in [2.05, 4.69) is 15.3 Å². The van der Waals surface area contributed by atoms with Crippen molar-refractivity contribution in [2.45, 2.75) is 31.8 Å². The van der Waals surface area contributed by atoms with Gasteiger partial charge in [0.1, 0.15) is 10.8 Å². The molecule has 1 atom stereocenters. The van der Waals surface area contributed by atoms with Crippen LogP contribution in [0.3, 0.4) is 0 Å². The van der Waals surface area contributed by atoms with Crippen molar-refractivity contribution >= 4 is 17.3 Å². The van der Waals surface area contributed by atoms with E-state index < -0.39 is 0 Å². The van der Waals surface area contributed by atoms with Gasteiger partial charge in [-0.25, -0.2) is 4.68 Å². The lowest BCUT2D eigenvalue weighted by molar-refractivity contribution is 0.153. The molecule has 29 heavy (non-hydrogen) atoms. The van der Waals surface area contributed by atoms with Gasteiger partial charge >= 0.3 is 0 Å². The Morgan fingerprint density at radius 2 is 1.90 bits per heavy atom. The van der Waals surface area contributed by atoms with Gasteiger partial charge in [0.05, 0.1) is 30.7 Å². The summed E-state index contributed by atoms with van der Waals surface area (Å²) in [6.45, 7) is 3.06. The van der Waals surface area contributed by atoms with Gasteiger partial charge in [-0.05, 0) is 43.6 Å². The second kappa shape index (κ2) is 9.29. The highest BCUT2D eigenvalue weighted by Gasteiger charge is 2.24. The van der Waals surface area contributed by atoms with E-state index in [1.165, 1.54) is 23.9 Å². The van der Waals surface area contributed by atoms with Crippen LogP contribution in [0.1, 0.15) is 36.6 Å². The van der Waals surface area contributed by atoms with Gasteiger partial charge in [0, 0.05) is 6.54 Å². The van der Waals surface area contributed by atoms with E-state index in [1.54, 1.807) is 12.5 Å². The SMILES string of the molecule is O=c1c(Cl)c(NCC(c2ccco2)N2CCCCC2)cnn1Cc1ccccc1. The number of piperidine rings is 1. The smallest absolute Gasteiger partial charge is 0.287 e. The molecule has 2 aromatic heterocycles. The molecule has 6 nitrogen and oxygen atoms in total. The third-order valence-electron chi connectivity index (χ3n) is 5.35. The quantitative estimate of drug-likeness (QED) is 0.630. The van der Waals surface area contributed by atoms with Gasteiger partial charge in [-0.1, -0.05) is 48.4 Å². The number of anilines is 1. The van der Waals surface area contributed by atoms with Gasteiger partial charge in [-0.2, -0.15) is 5.10 Å². The summed E-state index contributed by atoms with van der Waals surface area (Å²) in [5.41, 5.74) is 1.25. The summed E-state index contributed by atoms with van der Waals surface area (Å²) in [6, 6.07) is 13.7. The number of hydrogen-bond acceptors (Lipinski definition) is 5. The van der Waals surface area contributed by atoms with Crippen molar-refractivity contribution in [2.24, 2.45) is 0 Å². The predicted molar refractivity (Wildman–Crippen MR) is 114 cm³/mol. The Labute approximate surface area is 175 Å². The first-order valence-electron chi connectivity index (χ1n) is 10.0. The Bertz CT molecular complexity index is 966. The van der Waals surface area contributed by atoms with E-state index in [-0.39, 0.29) is 16.6 Å². The lowest BCUT2D eigenvalue weighted by Gasteiger charge is -2.33. The summed E-state index contributed by atoms with van der Waals surface area (Å²) < 4.78 is 7.07. The maximum atomic E-state index is 12.7. The molecule has 0 spiro atoms. The third-order valence-corrected chi connectivity index (χ3v) is 5.71. The van der Waals surface area contributed by atoms with Crippen LogP contribution in [0.15, 0.2) is 64.1 Å². The number of nitrogens with one attached hydrogen (secondary N) is 1. The van der Waals surface area contributed by atoms with E-state index in [0.29, 0.717) is 18.8 Å². The molecule has 1 N–H and O–H groups in total. The first-order chi connectivity index (χ1) is 14.2. The minimum atomic E-state index is -0.298. The van der Waals surface area contributed by atoms with Gasteiger partial charge in [0.15, 0.2) is 0 Å². The molecule has 1 fully saturated rings. The molecule has 1 aromatic carbocycles. The van der Waals surface area contributed by atoms with Crippen LogP contribution in [-0.4, -0.2) is 34.3 Å². The molecule has 3 aromatic rings. The first-order valence-corrected chi connectivity index (χ1v) is 10.4. The Balaban J connectivity index is 1.49. The Morgan fingerprint density at radius 3 is 2.62 bits per heavy atom. The van der Waals surface area contributed by atoms with Gasteiger partial charge in [-0.3, -0.25) is 9.69 Å². The molecule has 3 heterocycles. The average molecular weight is 413 g/mol. The number of hydrogen-bond donors (Lipinski definition) is 1. The van der Waals surface area contributed by atoms with Crippen LogP contribution in [0.4, 0.5) is 5.69 Å². The predicted octanol–water partition coefficient (Wildman–Crippen LogP) is 4.18. The molecule has 1 aliphatic rings. The molecule has 152 valence electrons. The van der Waals surface area contributed by atoms with Crippen LogP contribution in [-0.2, 0) is 6.54 Å². The van der Waals surface area contributed by atoms with Crippen LogP contribution in [0.25, 0.3) is 0 Å². The van der Waals surface area contributed by atoms with Crippen molar-refractivity contribution in [3.05, 3.63) is 81.6 Å². The maximum Gasteiger partial charge on any atom is 0.287 e. The zero-order chi connectivity index (χ0) is 20.1. The summed E-state index contributed by atoms with van der Waals surface area (Å²) in [5.74, 6) is 0.918. The highest BCUT2D eigenvalue weighted by atomic mass is 35.5. The Hall–Kier alpha value is -2.57. The second-order valence-corrected chi connectivity index (χ2v) is 7.71. The third kappa shape index (κ3) is 4.71. The summed E-state index contributed by atoms with van der Waals surface area (Å²) in [6.07, 6.45) is 6.97. The zero-order valence-electron chi connectivity index (χ0n) is 16.3. The monoisotopic (exact) mass is 412 g/mol. The lowest BCUT2D eigenvalue weighted by atomic mass is 10.1. The number of furan rings is 1. The van der Waals surface area contributed by atoms with E-state index in [1.807, 2.05) is 42.5 Å². The number of aromatic nitrogens is 2. The second-order valence-electron chi connectivity index (χ2n) is 7.33. The van der Waals surface area contributed by atoms with Crippen molar-refractivity contribution in [1.29, 1.82) is 0 Å². The van der Waals surface area contributed by atoms with Crippen LogP contribution in [0.5, 0.6) is 0 Å². The highest BCUT2D eigenvalue weighted by Crippen LogP contribution is 2.26. The molecule has 0 aliphatic carbocycles. The number of rotatable bonds is 7. The van der Waals surface area contributed by atoms with Crippen LogP contribution < -0.4 is 10.9 Å². The molecule has 0 bridgehead atoms.